The Kier molecular flexibility index (Phi) is 9.96. The molecule has 258 valence electrons. The van der Waals surface area contributed by atoms with E-state index in [0.29, 0.717) is 17.9 Å². The maximum Gasteiger partial charge on any atom is 0.411 e. The number of rotatable bonds is 7. The molecule has 4 unspecified atom stereocenters. The molecular formula is C37H58N2O7. The highest BCUT2D eigenvalue weighted by Gasteiger charge is 2.72. The monoisotopic (exact) mass is 642 g/mol. The topological polar surface area (TPSA) is 132 Å². The van der Waals surface area contributed by atoms with E-state index in [-0.39, 0.29) is 60.2 Å². The van der Waals surface area contributed by atoms with Crippen molar-refractivity contribution in [3.63, 3.8) is 0 Å². The Labute approximate surface area is 275 Å². The number of carbonyl (C=O) groups is 1. The number of fused-ring (bicyclic) bond motifs is 4. The van der Waals surface area contributed by atoms with Crippen LogP contribution in [0.4, 0.5) is 10.5 Å². The van der Waals surface area contributed by atoms with Gasteiger partial charge in [0.2, 0.25) is 0 Å². The molecule has 2 heterocycles. The van der Waals surface area contributed by atoms with Gasteiger partial charge in [-0.05, 0) is 107 Å². The smallest absolute Gasteiger partial charge is 0.411 e. The van der Waals surface area contributed by atoms with Crippen LogP contribution in [0, 0.1) is 41.4 Å². The van der Waals surface area contributed by atoms with Crippen LogP contribution in [0.1, 0.15) is 86.1 Å². The van der Waals surface area contributed by atoms with Crippen LogP contribution in [-0.4, -0.2) is 71.7 Å². The van der Waals surface area contributed by atoms with Crippen LogP contribution in [0.5, 0.6) is 0 Å². The Hall–Kier alpha value is -2.17. The van der Waals surface area contributed by atoms with Crippen molar-refractivity contribution < 1.29 is 34.0 Å². The maximum atomic E-state index is 13.3. The second-order valence-corrected chi connectivity index (χ2v) is 15.6. The molecule has 4 bridgehead atoms. The fraction of sp³-hybridized carbons (Fsp3) is 0.757. The van der Waals surface area contributed by atoms with Crippen molar-refractivity contribution in [2.24, 2.45) is 47.2 Å². The zero-order valence-electron chi connectivity index (χ0n) is 29.3. The van der Waals surface area contributed by atoms with Crippen molar-refractivity contribution in [2.75, 3.05) is 19.5 Å². The normalized spacial score (nSPS) is 43.9. The standard InChI is InChI=1S/C37H58N2O7/c1-20(2)45-34(40)39-29-13-11-10-12-26(29)30-17-25-15-14-21(3)32(46-30)27-18-31(35(25,7)38)36(41,19-23(5)43-8)37(42)28(24(27)6)16-22(4)33(37)44-9/h10-13,17,20-25,27-28,31-33,41-42H,14-16,18-19,38H2,1-9H3,(H,39,40)/b30-17+/t21-,22-,23+,24?,25+,27?,28?,31?,32+,33-,35-,36-,37-/m0/s1. The zero-order chi connectivity index (χ0) is 33.8. The minimum absolute atomic E-state index is 0.00415. The van der Waals surface area contributed by atoms with Gasteiger partial charge in [0.25, 0.3) is 0 Å². The molecule has 0 spiro atoms. The van der Waals surface area contributed by atoms with Gasteiger partial charge in [0.15, 0.2) is 0 Å². The second kappa shape index (κ2) is 13.0. The average Bonchev–Trinajstić information content (AvgIpc) is 3.26. The summed E-state index contributed by atoms with van der Waals surface area (Å²) in [5, 5.41) is 29.4. The molecule has 5 N–H and O–H groups in total. The van der Waals surface area contributed by atoms with E-state index < -0.39 is 34.9 Å². The molecule has 46 heavy (non-hydrogen) atoms. The third-order valence-corrected chi connectivity index (χ3v) is 12.3. The number of anilines is 1. The third-order valence-electron chi connectivity index (χ3n) is 12.3. The number of methoxy groups -OCH3 is 2. The number of benzene rings is 1. The molecule has 0 saturated heterocycles. The number of aliphatic hydroxyl groups is 2. The quantitative estimate of drug-likeness (QED) is 0.286. The summed E-state index contributed by atoms with van der Waals surface area (Å²) in [6, 6.07) is 7.64. The van der Waals surface area contributed by atoms with Gasteiger partial charge in [-0.15, -0.1) is 0 Å². The van der Waals surface area contributed by atoms with Crippen molar-refractivity contribution in [2.45, 2.75) is 122 Å². The Balaban J connectivity index is 1.72. The van der Waals surface area contributed by atoms with Gasteiger partial charge < -0.3 is 34.9 Å². The van der Waals surface area contributed by atoms with Crippen LogP contribution < -0.4 is 11.1 Å². The fourth-order valence-corrected chi connectivity index (χ4v) is 9.98. The lowest BCUT2D eigenvalue weighted by Gasteiger charge is -2.56. The lowest BCUT2D eigenvalue weighted by Crippen LogP contribution is -2.72. The molecule has 3 aliphatic carbocycles. The van der Waals surface area contributed by atoms with Crippen molar-refractivity contribution in [3.8, 4) is 0 Å². The molecule has 3 fully saturated rings. The summed E-state index contributed by atoms with van der Waals surface area (Å²) in [5.74, 6) is -0.0511. The van der Waals surface area contributed by atoms with Crippen LogP contribution >= 0.6 is 0 Å². The van der Waals surface area contributed by atoms with Crippen LogP contribution in [0.15, 0.2) is 30.3 Å². The Bertz CT molecular complexity index is 1280. The predicted octanol–water partition coefficient (Wildman–Crippen LogP) is 5.98. The minimum atomic E-state index is -1.60. The molecule has 6 rings (SSSR count). The molecule has 1 amide bonds. The van der Waals surface area contributed by atoms with Crippen molar-refractivity contribution in [1.82, 2.24) is 0 Å². The highest BCUT2D eigenvalue weighted by atomic mass is 16.6. The largest absolute Gasteiger partial charge is 0.489 e. The van der Waals surface area contributed by atoms with Gasteiger partial charge in [-0.2, -0.15) is 0 Å². The van der Waals surface area contributed by atoms with E-state index in [1.807, 2.05) is 52.0 Å². The van der Waals surface area contributed by atoms with E-state index in [1.54, 1.807) is 14.2 Å². The maximum absolute atomic E-state index is 13.3. The lowest BCUT2D eigenvalue weighted by molar-refractivity contribution is -0.257. The van der Waals surface area contributed by atoms with Gasteiger partial charge in [0.05, 0.1) is 24.0 Å². The number of amides is 1. The Morgan fingerprint density at radius 2 is 1.78 bits per heavy atom. The molecule has 13 atom stereocenters. The summed E-state index contributed by atoms with van der Waals surface area (Å²) in [6.45, 7) is 14.2. The number of hydrogen-bond acceptors (Lipinski definition) is 8. The Morgan fingerprint density at radius 3 is 2.43 bits per heavy atom. The molecule has 0 radical (unpaired) electrons. The first-order chi connectivity index (χ1) is 21.6. The first kappa shape index (κ1) is 35.1. The highest BCUT2D eigenvalue weighted by molar-refractivity contribution is 5.89. The summed E-state index contributed by atoms with van der Waals surface area (Å²) in [6.07, 6.45) is 3.51. The van der Waals surface area contributed by atoms with Gasteiger partial charge in [-0.1, -0.05) is 32.9 Å². The van der Waals surface area contributed by atoms with Crippen molar-refractivity contribution >= 4 is 17.5 Å². The molecule has 9 heteroatoms. The first-order valence-electron chi connectivity index (χ1n) is 17.3. The number of ether oxygens (including phenoxy) is 4. The van der Waals surface area contributed by atoms with E-state index >= 15 is 0 Å². The summed E-state index contributed by atoms with van der Waals surface area (Å²) in [4.78, 5) is 12.7. The third kappa shape index (κ3) is 5.78. The summed E-state index contributed by atoms with van der Waals surface area (Å²) < 4.78 is 24.5. The Morgan fingerprint density at radius 1 is 1.09 bits per heavy atom. The molecule has 9 nitrogen and oxygen atoms in total. The van der Waals surface area contributed by atoms with Gasteiger partial charge in [-0.25, -0.2) is 4.79 Å². The van der Waals surface area contributed by atoms with Gasteiger partial charge in [0, 0.05) is 37.7 Å². The second-order valence-electron chi connectivity index (χ2n) is 15.6. The summed E-state index contributed by atoms with van der Waals surface area (Å²) in [7, 11) is 3.29. The lowest BCUT2D eigenvalue weighted by atomic mass is 9.57. The summed E-state index contributed by atoms with van der Waals surface area (Å²) in [5.41, 5.74) is 4.89. The van der Waals surface area contributed by atoms with Crippen LogP contribution in [0.3, 0.4) is 0 Å². The molecule has 2 aliphatic heterocycles. The van der Waals surface area contributed by atoms with E-state index in [9.17, 15) is 15.0 Å². The van der Waals surface area contributed by atoms with Gasteiger partial charge >= 0.3 is 6.09 Å². The average molecular weight is 643 g/mol. The van der Waals surface area contributed by atoms with Crippen LogP contribution in [0.2, 0.25) is 0 Å². The number of nitrogens with two attached hydrogens (primary N) is 1. The molecule has 0 aromatic heterocycles. The van der Waals surface area contributed by atoms with E-state index in [0.717, 1.165) is 24.8 Å². The number of carbonyl (C=O) groups excluding carboxylic acids is 1. The van der Waals surface area contributed by atoms with E-state index in [4.69, 9.17) is 24.7 Å². The highest BCUT2D eigenvalue weighted by Crippen LogP contribution is 2.63. The molecular weight excluding hydrogens is 584 g/mol. The predicted molar refractivity (Wildman–Crippen MR) is 179 cm³/mol. The summed E-state index contributed by atoms with van der Waals surface area (Å²) >= 11 is 0. The number of hydrogen-bond donors (Lipinski definition) is 4. The zero-order valence-corrected chi connectivity index (χ0v) is 29.3. The SMILES string of the molecule is CO[C@H](C)C[C@]1(O)C2CC(C(C)C3C[C@H](C)[C@H](OC)[C@@]31O)[C@@H]1O/C(c3ccccc3NC(=O)OC(C)C)=C/[C@@H](CC[C@@H]1C)[C@]2(C)N. The minimum Gasteiger partial charge on any atom is -0.489 e. The van der Waals surface area contributed by atoms with E-state index in [2.05, 4.69) is 32.2 Å². The van der Waals surface area contributed by atoms with Crippen LogP contribution in [0.25, 0.3) is 5.76 Å². The molecule has 1 aromatic carbocycles. The van der Waals surface area contributed by atoms with Gasteiger partial charge in [-0.3, -0.25) is 5.32 Å². The van der Waals surface area contributed by atoms with E-state index in [1.165, 1.54) is 0 Å². The van der Waals surface area contributed by atoms with Crippen LogP contribution in [-0.2, 0) is 18.9 Å². The van der Waals surface area contributed by atoms with Gasteiger partial charge in [0.1, 0.15) is 23.1 Å². The number of nitrogens with one attached hydrogen (secondary N) is 1. The molecule has 3 saturated carbocycles. The number of para-hydroxylation sites is 1. The fourth-order valence-electron chi connectivity index (χ4n) is 9.98. The molecule has 5 aliphatic rings. The molecule has 1 aromatic rings. The van der Waals surface area contributed by atoms with Crippen molar-refractivity contribution in [1.29, 1.82) is 0 Å². The van der Waals surface area contributed by atoms with Crippen molar-refractivity contribution in [3.05, 3.63) is 35.9 Å². The first-order valence-corrected chi connectivity index (χ1v) is 17.3.